The van der Waals surface area contributed by atoms with E-state index >= 15 is 0 Å². The van der Waals surface area contributed by atoms with Crippen LogP contribution in [0.5, 0.6) is 0 Å². The molecule has 2 atom stereocenters. The Kier molecular flexibility index (Phi) is 4.82. The number of carbonyl (C=O) groups excluding carboxylic acids is 1. The monoisotopic (exact) mass is 401 g/mol. The van der Waals surface area contributed by atoms with Crippen LogP contribution >= 0.6 is 0 Å². The number of anilines is 2. The summed E-state index contributed by atoms with van der Waals surface area (Å²) < 4.78 is 28.5. The van der Waals surface area contributed by atoms with Gasteiger partial charge < -0.3 is 4.90 Å². The van der Waals surface area contributed by atoms with Gasteiger partial charge in [-0.15, -0.1) is 0 Å². The highest BCUT2D eigenvalue weighted by atomic mass is 32.2. The predicted octanol–water partition coefficient (Wildman–Crippen LogP) is 1.28. The zero-order valence-corrected chi connectivity index (χ0v) is 16.5. The predicted molar refractivity (Wildman–Crippen MR) is 108 cm³/mol. The van der Waals surface area contributed by atoms with Crippen LogP contribution in [-0.2, 0) is 16.4 Å². The van der Waals surface area contributed by atoms with E-state index in [0.717, 1.165) is 17.7 Å². The molecule has 3 N–H and O–H groups in total. The number of rotatable bonds is 4. The number of benzene rings is 1. The minimum Gasteiger partial charge on any atom is -0.308 e. The van der Waals surface area contributed by atoms with Crippen molar-refractivity contribution >= 4 is 27.3 Å². The minimum absolute atomic E-state index is 0.140. The SMILES string of the molecule is CC1NNC(C)C1S(=O)(=O)Nc1ccc2c(c1)N(C(=O)c1cccnc1)CC2. The van der Waals surface area contributed by atoms with Crippen molar-refractivity contribution in [1.82, 2.24) is 15.8 Å². The Hall–Kier alpha value is -2.49. The van der Waals surface area contributed by atoms with Crippen LogP contribution in [0.25, 0.3) is 0 Å². The molecule has 0 saturated carbocycles. The lowest BCUT2D eigenvalue weighted by Crippen LogP contribution is -2.41. The van der Waals surface area contributed by atoms with Crippen LogP contribution < -0.4 is 20.5 Å². The van der Waals surface area contributed by atoms with Gasteiger partial charge in [-0.3, -0.25) is 25.4 Å². The smallest absolute Gasteiger partial charge is 0.259 e. The minimum atomic E-state index is -3.61. The number of pyridine rings is 1. The summed E-state index contributed by atoms with van der Waals surface area (Å²) in [5.41, 5.74) is 8.64. The molecule has 0 radical (unpaired) electrons. The molecule has 1 fully saturated rings. The highest BCUT2D eigenvalue weighted by Gasteiger charge is 2.40. The van der Waals surface area contributed by atoms with Gasteiger partial charge in [-0.05, 0) is 50.1 Å². The summed E-state index contributed by atoms with van der Waals surface area (Å²) in [6, 6.07) is 8.38. The standard InChI is InChI=1S/C19H23N5O3S/c1-12-18(13(2)22-21-12)28(26,27)23-16-6-5-14-7-9-24(17(14)10-16)19(25)15-4-3-8-20-11-15/h3-6,8,10-13,18,21-23H,7,9H2,1-2H3. The van der Waals surface area contributed by atoms with Crippen LogP contribution in [0.15, 0.2) is 42.7 Å². The van der Waals surface area contributed by atoms with E-state index in [2.05, 4.69) is 20.6 Å². The molecule has 9 heteroatoms. The van der Waals surface area contributed by atoms with Crippen molar-refractivity contribution in [2.24, 2.45) is 0 Å². The maximum Gasteiger partial charge on any atom is 0.259 e. The Morgan fingerprint density at radius 1 is 1.21 bits per heavy atom. The summed E-state index contributed by atoms with van der Waals surface area (Å²) in [6.45, 7) is 4.22. The number of nitrogens with zero attached hydrogens (tertiary/aromatic N) is 2. The summed E-state index contributed by atoms with van der Waals surface area (Å²) in [7, 11) is -3.61. The first-order valence-electron chi connectivity index (χ1n) is 9.24. The van der Waals surface area contributed by atoms with E-state index < -0.39 is 15.3 Å². The number of amides is 1. The van der Waals surface area contributed by atoms with E-state index in [1.165, 1.54) is 6.20 Å². The normalized spacial score (nSPS) is 24.2. The fraction of sp³-hybridized carbons (Fsp3) is 0.368. The van der Waals surface area contributed by atoms with E-state index in [-0.39, 0.29) is 18.0 Å². The van der Waals surface area contributed by atoms with Gasteiger partial charge in [0.1, 0.15) is 5.25 Å². The van der Waals surface area contributed by atoms with Gasteiger partial charge in [0.25, 0.3) is 5.91 Å². The van der Waals surface area contributed by atoms with Crippen LogP contribution in [0.3, 0.4) is 0 Å². The molecule has 1 aromatic carbocycles. The van der Waals surface area contributed by atoms with Gasteiger partial charge in [-0.25, -0.2) is 8.42 Å². The van der Waals surface area contributed by atoms with Crippen molar-refractivity contribution < 1.29 is 13.2 Å². The first kappa shape index (κ1) is 18.9. The summed E-state index contributed by atoms with van der Waals surface area (Å²) >= 11 is 0. The molecule has 3 heterocycles. The third-order valence-electron chi connectivity index (χ3n) is 5.28. The van der Waals surface area contributed by atoms with Crippen molar-refractivity contribution in [2.75, 3.05) is 16.2 Å². The second-order valence-electron chi connectivity index (χ2n) is 7.27. The summed E-state index contributed by atoms with van der Waals surface area (Å²) in [5.74, 6) is -0.140. The number of hydrogen-bond donors (Lipinski definition) is 3. The number of fused-ring (bicyclic) bond motifs is 1. The lowest BCUT2D eigenvalue weighted by molar-refractivity contribution is 0.0989. The quantitative estimate of drug-likeness (QED) is 0.713. The van der Waals surface area contributed by atoms with Gasteiger partial charge >= 0.3 is 0 Å². The first-order chi connectivity index (χ1) is 13.4. The molecule has 0 bridgehead atoms. The van der Waals surface area contributed by atoms with Crippen molar-refractivity contribution in [3.05, 3.63) is 53.9 Å². The summed E-state index contributed by atoms with van der Waals surface area (Å²) in [6.07, 6.45) is 3.89. The Balaban J connectivity index is 1.60. The van der Waals surface area contributed by atoms with Gasteiger partial charge in [0.15, 0.2) is 0 Å². The molecule has 1 saturated heterocycles. The number of hydrazine groups is 1. The highest BCUT2D eigenvalue weighted by molar-refractivity contribution is 7.93. The molecule has 0 spiro atoms. The van der Waals surface area contributed by atoms with Crippen LogP contribution in [0, 0.1) is 0 Å². The van der Waals surface area contributed by atoms with E-state index in [1.807, 2.05) is 19.9 Å². The molecule has 2 aliphatic rings. The number of carbonyl (C=O) groups is 1. The fourth-order valence-corrected chi connectivity index (χ4v) is 5.73. The number of sulfonamides is 1. The molecular formula is C19H23N5O3S. The topological polar surface area (TPSA) is 103 Å². The lowest BCUT2D eigenvalue weighted by Gasteiger charge is -2.21. The Labute approximate surface area is 164 Å². The Morgan fingerprint density at radius 3 is 2.64 bits per heavy atom. The molecule has 4 rings (SSSR count). The largest absolute Gasteiger partial charge is 0.308 e. The van der Waals surface area contributed by atoms with Gasteiger partial charge in [-0.2, -0.15) is 0 Å². The first-order valence-corrected chi connectivity index (χ1v) is 10.8. The van der Waals surface area contributed by atoms with E-state index in [0.29, 0.717) is 17.8 Å². The summed E-state index contributed by atoms with van der Waals surface area (Å²) in [5, 5.41) is -0.603. The zero-order valence-electron chi connectivity index (χ0n) is 15.7. The van der Waals surface area contributed by atoms with Crippen molar-refractivity contribution in [2.45, 2.75) is 37.6 Å². The number of hydrogen-bond acceptors (Lipinski definition) is 6. The second-order valence-corrected chi connectivity index (χ2v) is 9.11. The molecule has 1 amide bonds. The van der Waals surface area contributed by atoms with Crippen LogP contribution in [0.4, 0.5) is 11.4 Å². The molecule has 1 aromatic heterocycles. The fourth-order valence-electron chi connectivity index (χ4n) is 3.93. The van der Waals surface area contributed by atoms with Gasteiger partial charge in [0.05, 0.1) is 11.3 Å². The second kappa shape index (κ2) is 7.16. The molecule has 28 heavy (non-hydrogen) atoms. The van der Waals surface area contributed by atoms with E-state index in [4.69, 9.17) is 0 Å². The summed E-state index contributed by atoms with van der Waals surface area (Å²) in [4.78, 5) is 18.5. The van der Waals surface area contributed by atoms with E-state index in [9.17, 15) is 13.2 Å². The Morgan fingerprint density at radius 2 is 1.96 bits per heavy atom. The van der Waals surface area contributed by atoms with Crippen molar-refractivity contribution in [1.29, 1.82) is 0 Å². The average Bonchev–Trinajstić information content (AvgIpc) is 3.24. The lowest BCUT2D eigenvalue weighted by atomic mass is 10.1. The molecule has 2 aliphatic heterocycles. The van der Waals surface area contributed by atoms with Crippen LogP contribution in [0.2, 0.25) is 0 Å². The maximum absolute atomic E-state index is 12.9. The average molecular weight is 401 g/mol. The molecule has 8 nitrogen and oxygen atoms in total. The van der Waals surface area contributed by atoms with Gasteiger partial charge in [-0.1, -0.05) is 6.07 Å². The third kappa shape index (κ3) is 3.36. The molecule has 2 unspecified atom stereocenters. The van der Waals surface area contributed by atoms with Crippen molar-refractivity contribution in [3.63, 3.8) is 0 Å². The van der Waals surface area contributed by atoms with Gasteiger partial charge in [0, 0.05) is 36.7 Å². The number of nitrogens with one attached hydrogen (secondary N) is 3. The molecular weight excluding hydrogens is 378 g/mol. The molecule has 148 valence electrons. The van der Waals surface area contributed by atoms with Crippen LogP contribution in [-0.4, -0.2) is 43.2 Å². The van der Waals surface area contributed by atoms with E-state index in [1.54, 1.807) is 35.4 Å². The maximum atomic E-state index is 12.9. The van der Waals surface area contributed by atoms with Crippen molar-refractivity contribution in [3.8, 4) is 0 Å². The number of aromatic nitrogens is 1. The van der Waals surface area contributed by atoms with Gasteiger partial charge in [0.2, 0.25) is 10.0 Å². The third-order valence-corrected chi connectivity index (χ3v) is 7.33. The zero-order chi connectivity index (χ0) is 19.9. The van der Waals surface area contributed by atoms with Crippen LogP contribution in [0.1, 0.15) is 29.8 Å². The Bertz CT molecular complexity index is 986. The molecule has 2 aromatic rings. The highest BCUT2D eigenvalue weighted by Crippen LogP contribution is 2.33. The molecule has 0 aliphatic carbocycles.